The SMILES string of the molecule is CCC(CC)(CC(=O)O)NC(=O)c1sc(-c2cnn(C)c2)nc1C. The number of aromatic nitrogens is 3. The number of amides is 1. The first-order valence-corrected chi connectivity index (χ1v) is 8.62. The Kier molecular flexibility index (Phi) is 5.38. The summed E-state index contributed by atoms with van der Waals surface area (Å²) in [5.74, 6) is -1.19. The Morgan fingerprint density at radius 2 is 2.04 bits per heavy atom. The summed E-state index contributed by atoms with van der Waals surface area (Å²) in [7, 11) is 1.82. The molecule has 8 heteroatoms. The second-order valence-corrected chi connectivity index (χ2v) is 6.85. The predicted octanol–water partition coefficient (Wildman–Crippen LogP) is 2.62. The van der Waals surface area contributed by atoms with E-state index < -0.39 is 11.5 Å². The Labute approximate surface area is 144 Å². The molecule has 0 fully saturated rings. The third-order valence-electron chi connectivity index (χ3n) is 4.18. The Morgan fingerprint density at radius 1 is 1.38 bits per heavy atom. The molecule has 24 heavy (non-hydrogen) atoms. The van der Waals surface area contributed by atoms with E-state index in [-0.39, 0.29) is 12.3 Å². The standard InChI is InChI=1S/C16H22N4O3S/c1-5-16(6-2,7-12(21)22)19-14(23)13-10(3)18-15(24-13)11-8-17-20(4)9-11/h8-9H,5-7H2,1-4H3,(H,19,23)(H,21,22). The summed E-state index contributed by atoms with van der Waals surface area (Å²) in [6.45, 7) is 5.54. The molecule has 0 saturated carbocycles. The molecule has 2 aromatic heterocycles. The van der Waals surface area contributed by atoms with Crippen LogP contribution in [0.2, 0.25) is 0 Å². The summed E-state index contributed by atoms with van der Waals surface area (Å²) in [6.07, 6.45) is 4.54. The van der Waals surface area contributed by atoms with E-state index in [2.05, 4.69) is 15.4 Å². The maximum absolute atomic E-state index is 12.7. The van der Waals surface area contributed by atoms with Crippen molar-refractivity contribution in [1.29, 1.82) is 0 Å². The van der Waals surface area contributed by atoms with Gasteiger partial charge >= 0.3 is 5.97 Å². The zero-order valence-electron chi connectivity index (χ0n) is 14.3. The molecule has 2 aromatic rings. The second kappa shape index (κ2) is 7.12. The molecular formula is C16H22N4O3S. The number of rotatable bonds is 7. The van der Waals surface area contributed by atoms with Crippen LogP contribution in [0.25, 0.3) is 10.6 Å². The van der Waals surface area contributed by atoms with Gasteiger partial charge in [-0.15, -0.1) is 11.3 Å². The monoisotopic (exact) mass is 350 g/mol. The predicted molar refractivity (Wildman–Crippen MR) is 92.1 cm³/mol. The number of thiazole rings is 1. The highest BCUT2D eigenvalue weighted by Crippen LogP contribution is 2.29. The van der Waals surface area contributed by atoms with Gasteiger partial charge in [0.1, 0.15) is 9.88 Å². The first-order chi connectivity index (χ1) is 11.3. The largest absolute Gasteiger partial charge is 0.481 e. The van der Waals surface area contributed by atoms with E-state index in [4.69, 9.17) is 5.11 Å². The molecule has 0 unspecified atom stereocenters. The zero-order valence-corrected chi connectivity index (χ0v) is 15.1. The minimum Gasteiger partial charge on any atom is -0.481 e. The average Bonchev–Trinajstić information content (AvgIpc) is 3.11. The van der Waals surface area contributed by atoms with Crippen LogP contribution in [-0.2, 0) is 11.8 Å². The van der Waals surface area contributed by atoms with Crippen molar-refractivity contribution in [3.8, 4) is 10.6 Å². The lowest BCUT2D eigenvalue weighted by Gasteiger charge is -2.31. The first kappa shape index (κ1) is 18.1. The van der Waals surface area contributed by atoms with Gasteiger partial charge in [-0.2, -0.15) is 5.10 Å². The van der Waals surface area contributed by atoms with Gasteiger partial charge in [0.05, 0.1) is 23.9 Å². The summed E-state index contributed by atoms with van der Waals surface area (Å²) in [4.78, 5) is 28.8. The second-order valence-electron chi connectivity index (χ2n) is 5.85. The summed E-state index contributed by atoms with van der Waals surface area (Å²) in [5, 5.41) is 16.9. The molecule has 0 aliphatic heterocycles. The molecule has 0 aliphatic carbocycles. The van der Waals surface area contributed by atoms with E-state index in [0.29, 0.717) is 23.4 Å². The van der Waals surface area contributed by atoms with Crippen LogP contribution in [-0.4, -0.2) is 37.3 Å². The molecule has 0 radical (unpaired) electrons. The number of aliphatic carboxylic acids is 1. The van der Waals surface area contributed by atoms with Crippen molar-refractivity contribution in [2.45, 2.75) is 45.6 Å². The minimum atomic E-state index is -0.920. The Morgan fingerprint density at radius 3 is 2.54 bits per heavy atom. The molecule has 2 rings (SSSR count). The van der Waals surface area contributed by atoms with Gasteiger partial charge < -0.3 is 10.4 Å². The third kappa shape index (κ3) is 3.81. The van der Waals surface area contributed by atoms with Crippen LogP contribution < -0.4 is 5.32 Å². The van der Waals surface area contributed by atoms with Gasteiger partial charge in [-0.05, 0) is 19.8 Å². The van der Waals surface area contributed by atoms with E-state index in [1.54, 1.807) is 17.8 Å². The maximum Gasteiger partial charge on any atom is 0.305 e. The highest BCUT2D eigenvalue weighted by atomic mass is 32.1. The third-order valence-corrected chi connectivity index (χ3v) is 5.38. The number of hydrogen-bond acceptors (Lipinski definition) is 5. The molecule has 1 amide bonds. The van der Waals surface area contributed by atoms with Crippen LogP contribution in [0.15, 0.2) is 12.4 Å². The average molecular weight is 350 g/mol. The van der Waals surface area contributed by atoms with Crippen LogP contribution in [0.5, 0.6) is 0 Å². The smallest absolute Gasteiger partial charge is 0.305 e. The summed E-state index contributed by atoms with van der Waals surface area (Å²) in [5.41, 5.74) is 0.744. The molecule has 0 aliphatic rings. The van der Waals surface area contributed by atoms with E-state index >= 15 is 0 Å². The number of carbonyl (C=O) groups excluding carboxylic acids is 1. The highest BCUT2D eigenvalue weighted by Gasteiger charge is 2.32. The Bertz CT molecular complexity index is 746. The van der Waals surface area contributed by atoms with Crippen molar-refractivity contribution in [2.24, 2.45) is 7.05 Å². The summed E-state index contributed by atoms with van der Waals surface area (Å²) >= 11 is 1.29. The van der Waals surface area contributed by atoms with Crippen molar-refractivity contribution in [1.82, 2.24) is 20.1 Å². The molecule has 130 valence electrons. The van der Waals surface area contributed by atoms with Crippen molar-refractivity contribution in [3.63, 3.8) is 0 Å². The summed E-state index contributed by atoms with van der Waals surface area (Å²) in [6, 6.07) is 0. The number of hydrogen-bond donors (Lipinski definition) is 2. The number of carboxylic acid groups (broad SMARTS) is 1. The van der Waals surface area contributed by atoms with Crippen molar-refractivity contribution >= 4 is 23.2 Å². The van der Waals surface area contributed by atoms with E-state index in [1.165, 1.54) is 11.3 Å². The molecule has 0 aromatic carbocycles. The number of nitrogens with zero attached hydrogens (tertiary/aromatic N) is 3. The molecule has 0 saturated heterocycles. The topological polar surface area (TPSA) is 97.1 Å². The maximum atomic E-state index is 12.7. The fourth-order valence-corrected chi connectivity index (χ4v) is 3.51. The van der Waals surface area contributed by atoms with Crippen LogP contribution in [0, 0.1) is 6.92 Å². The lowest BCUT2D eigenvalue weighted by atomic mass is 9.89. The number of carboxylic acids is 1. The molecular weight excluding hydrogens is 328 g/mol. The summed E-state index contributed by atoms with van der Waals surface area (Å²) < 4.78 is 1.68. The Hall–Kier alpha value is -2.22. The fraction of sp³-hybridized carbons (Fsp3) is 0.500. The van der Waals surface area contributed by atoms with Crippen LogP contribution in [0.3, 0.4) is 0 Å². The molecule has 7 nitrogen and oxygen atoms in total. The van der Waals surface area contributed by atoms with Crippen molar-refractivity contribution in [2.75, 3.05) is 0 Å². The molecule has 0 spiro atoms. The lowest BCUT2D eigenvalue weighted by Crippen LogP contribution is -2.49. The van der Waals surface area contributed by atoms with Gasteiger partial charge in [-0.25, -0.2) is 4.98 Å². The number of carbonyl (C=O) groups is 2. The number of nitrogens with one attached hydrogen (secondary N) is 1. The highest BCUT2D eigenvalue weighted by molar-refractivity contribution is 7.17. The van der Waals surface area contributed by atoms with Gasteiger partial charge in [-0.1, -0.05) is 13.8 Å². The van der Waals surface area contributed by atoms with Crippen molar-refractivity contribution < 1.29 is 14.7 Å². The minimum absolute atomic E-state index is 0.0982. The zero-order chi connectivity index (χ0) is 17.9. The number of aryl methyl sites for hydroxylation is 2. The quantitative estimate of drug-likeness (QED) is 0.800. The molecule has 2 N–H and O–H groups in total. The lowest BCUT2D eigenvalue weighted by molar-refractivity contribution is -0.138. The van der Waals surface area contributed by atoms with Crippen LogP contribution in [0.1, 0.15) is 48.5 Å². The first-order valence-electron chi connectivity index (χ1n) is 7.81. The van der Waals surface area contributed by atoms with Gasteiger partial charge in [0, 0.05) is 18.8 Å². The van der Waals surface area contributed by atoms with Gasteiger partial charge in [0.25, 0.3) is 5.91 Å². The van der Waals surface area contributed by atoms with E-state index in [9.17, 15) is 9.59 Å². The van der Waals surface area contributed by atoms with Gasteiger partial charge in [-0.3, -0.25) is 14.3 Å². The van der Waals surface area contributed by atoms with Crippen molar-refractivity contribution in [3.05, 3.63) is 23.0 Å². The fourth-order valence-electron chi connectivity index (χ4n) is 2.57. The molecule has 2 heterocycles. The van der Waals surface area contributed by atoms with E-state index in [0.717, 1.165) is 10.6 Å². The van der Waals surface area contributed by atoms with Crippen LogP contribution in [0.4, 0.5) is 0 Å². The van der Waals surface area contributed by atoms with E-state index in [1.807, 2.05) is 27.1 Å². The van der Waals surface area contributed by atoms with Gasteiger partial charge in [0.15, 0.2) is 0 Å². The Balaban J connectivity index is 2.26. The van der Waals surface area contributed by atoms with Gasteiger partial charge in [0.2, 0.25) is 0 Å². The normalized spacial score (nSPS) is 11.5. The van der Waals surface area contributed by atoms with Crippen LogP contribution >= 0.6 is 11.3 Å². The molecule has 0 bridgehead atoms. The molecule has 0 atom stereocenters.